The Balaban J connectivity index is -0.000000346. The fourth-order valence-corrected chi connectivity index (χ4v) is 2.45. The molecule has 3 rings (SSSR count). The monoisotopic (exact) mass is 977 g/mol. The standard InChI is InChI=1S/C9H16N4O.C8H14N4O.C6H12O.C5H13BO.C5H10N4.C5H13O2P.C5H12O2S/c1-7(14)6-13-8(10-11-12-13)5-9(2,3)4;1-6(13)5-12-10-7(9-11-12)8(2,3)4;1-5(7)6(2,3)4;1-5(2,3)6(4)7;1-5(2,3)4-6-8-9-7-4;2*1-5(2,3)8(4,6)7/h5-6H2,1-4H3;5H2,1-4H3;1-4H3;7H,1-4H3;1-3H3,(H,6,7,8,9);1-4H3,(H,6,7);1-4H3. The van der Waals surface area contributed by atoms with Crippen LogP contribution in [0.15, 0.2) is 0 Å². The Morgan fingerprint density at radius 1 is 0.712 bits per heavy atom. The summed E-state index contributed by atoms with van der Waals surface area (Å²) in [6.07, 6.45) is 2.01. The fourth-order valence-electron chi connectivity index (χ4n) is 2.45. The number of hydrogen-bond donors (Lipinski definition) is 3. The van der Waals surface area contributed by atoms with Crippen molar-refractivity contribution in [2.24, 2.45) is 10.8 Å². The second kappa shape index (κ2) is 27.4. The van der Waals surface area contributed by atoms with Gasteiger partial charge in [0, 0.05) is 40.7 Å². The summed E-state index contributed by atoms with van der Waals surface area (Å²) >= 11 is 0. The fraction of sp³-hybridized carbons (Fsp3) is 0.860. The molecule has 0 amide bonds. The number of aromatic nitrogens is 12. The van der Waals surface area contributed by atoms with Gasteiger partial charge in [-0.2, -0.15) is 10.0 Å². The normalized spacial score (nSPS) is 13.0. The van der Waals surface area contributed by atoms with E-state index in [4.69, 9.17) is 9.92 Å². The third-order valence-electron chi connectivity index (χ3n) is 8.84. The van der Waals surface area contributed by atoms with E-state index in [1.165, 1.54) is 31.6 Å². The number of sulfone groups is 1. The molecule has 3 aromatic heterocycles. The number of tetrazole rings is 3. The molecule has 3 aromatic rings. The lowest BCUT2D eigenvalue weighted by molar-refractivity contribution is -0.124. The van der Waals surface area contributed by atoms with Gasteiger partial charge in [0.1, 0.15) is 18.9 Å². The van der Waals surface area contributed by atoms with E-state index in [0.29, 0.717) is 5.82 Å². The van der Waals surface area contributed by atoms with Crippen LogP contribution in [0.1, 0.15) is 184 Å². The molecule has 0 fully saturated rings. The van der Waals surface area contributed by atoms with Crippen molar-refractivity contribution in [1.29, 1.82) is 0 Å². The van der Waals surface area contributed by atoms with E-state index in [1.807, 2.05) is 83.1 Å². The van der Waals surface area contributed by atoms with Gasteiger partial charge in [0.15, 0.2) is 38.9 Å². The minimum absolute atomic E-state index is 0.00694. The molecule has 66 heavy (non-hydrogen) atoms. The Hall–Kier alpha value is -3.62. The van der Waals surface area contributed by atoms with Crippen molar-refractivity contribution in [3.63, 3.8) is 0 Å². The van der Waals surface area contributed by atoms with E-state index in [1.54, 1.807) is 60.0 Å². The van der Waals surface area contributed by atoms with Gasteiger partial charge in [-0.25, -0.2) is 13.1 Å². The molecular weight excluding hydrogens is 886 g/mol. The second-order valence-electron chi connectivity index (χ2n) is 23.6. The molecule has 0 spiro atoms. The van der Waals surface area contributed by atoms with Gasteiger partial charge in [-0.1, -0.05) is 137 Å². The van der Waals surface area contributed by atoms with E-state index >= 15 is 0 Å². The number of rotatable bonds is 5. The van der Waals surface area contributed by atoms with Gasteiger partial charge in [-0.3, -0.25) is 18.9 Å². The van der Waals surface area contributed by atoms with E-state index in [0.717, 1.165) is 18.1 Å². The van der Waals surface area contributed by atoms with Gasteiger partial charge >= 0.3 is 0 Å². The van der Waals surface area contributed by atoms with Crippen LogP contribution in [0.25, 0.3) is 0 Å². The second-order valence-corrected chi connectivity index (χ2v) is 29.4. The Bertz CT molecular complexity index is 2010. The molecular formula is C43H90BN12O8PS. The lowest BCUT2D eigenvalue weighted by Gasteiger charge is -2.21. The highest BCUT2D eigenvalue weighted by Crippen LogP contribution is 2.49. The third kappa shape index (κ3) is 35.6. The van der Waals surface area contributed by atoms with Gasteiger partial charge < -0.3 is 9.92 Å². The lowest BCUT2D eigenvalue weighted by atomic mass is 9.50. The van der Waals surface area contributed by atoms with Crippen LogP contribution in [0.4, 0.5) is 0 Å². The SMILES string of the molecule is CB(O)C(C)(C)C.CC(=O)C(C)(C)C.CC(=O)Cn1nnc(C(C)(C)C)n1.CC(=O)Cn1nnnc1CC(C)(C)C.CC(C)(C)P(C)(=O)O.CC(C)(C)S(C)(=O)=O.CC(C)(C)c1nn[nH]n1. The molecule has 0 aliphatic heterocycles. The smallest absolute Gasteiger partial charge is 0.291 e. The number of H-pyrrole nitrogens is 1. The van der Waals surface area contributed by atoms with Crippen molar-refractivity contribution in [3.05, 3.63) is 17.5 Å². The molecule has 0 aliphatic carbocycles. The topological polar surface area (TPSA) is 285 Å². The molecule has 1 unspecified atom stereocenters. The van der Waals surface area contributed by atoms with Crippen LogP contribution in [0.3, 0.4) is 0 Å². The maximum Gasteiger partial charge on any atom is 0.291 e. The molecule has 0 aliphatic rings. The Morgan fingerprint density at radius 2 is 1.09 bits per heavy atom. The molecule has 0 saturated carbocycles. The van der Waals surface area contributed by atoms with E-state index in [-0.39, 0.29) is 64.3 Å². The van der Waals surface area contributed by atoms with Gasteiger partial charge in [0.25, 0.3) is 6.92 Å². The molecule has 1 atom stereocenters. The lowest BCUT2D eigenvalue weighted by Crippen LogP contribution is -2.26. The van der Waals surface area contributed by atoms with Crippen LogP contribution in [-0.4, -0.2) is 126 Å². The maximum absolute atomic E-state index is 10.9. The van der Waals surface area contributed by atoms with Crippen LogP contribution >= 0.6 is 7.37 Å². The number of aromatic amines is 1. The first kappa shape index (κ1) is 69.0. The van der Waals surface area contributed by atoms with Crippen molar-refractivity contribution < 1.29 is 37.3 Å². The van der Waals surface area contributed by atoms with Crippen LogP contribution in [0.2, 0.25) is 12.1 Å². The number of hydrogen-bond acceptors (Lipinski definition) is 16. The first-order valence-corrected chi connectivity index (χ1v) is 25.7. The van der Waals surface area contributed by atoms with Gasteiger partial charge in [-0.05, 0) is 67.9 Å². The zero-order valence-corrected chi connectivity index (χ0v) is 47.5. The number of carbonyl (C=O) groups excluding carboxylic acids is 3. The van der Waals surface area contributed by atoms with Gasteiger partial charge in [0.2, 0.25) is 7.37 Å². The zero-order chi connectivity index (χ0) is 53.9. The predicted molar refractivity (Wildman–Crippen MR) is 266 cm³/mol. The summed E-state index contributed by atoms with van der Waals surface area (Å²) in [6, 6.07) is 0. The quantitative estimate of drug-likeness (QED) is 0.165. The van der Waals surface area contributed by atoms with Crippen LogP contribution in [0.5, 0.6) is 0 Å². The van der Waals surface area contributed by atoms with Crippen molar-refractivity contribution in [2.75, 3.05) is 12.9 Å². The Kier molecular flexibility index (Phi) is 28.6. The first-order valence-electron chi connectivity index (χ1n) is 21.7. The first-order chi connectivity index (χ1) is 28.8. The minimum atomic E-state index is -2.85. The number of carbonyl (C=O) groups is 3. The molecule has 3 heterocycles. The average Bonchev–Trinajstić information content (AvgIpc) is 3.82. The van der Waals surface area contributed by atoms with Crippen molar-refractivity contribution >= 4 is 41.5 Å². The molecule has 3 N–H and O–H groups in total. The molecule has 20 nitrogen and oxygen atoms in total. The Labute approximate surface area is 398 Å². The molecule has 0 radical (unpaired) electrons. The highest BCUT2D eigenvalue weighted by Gasteiger charge is 2.28. The number of Topliss-reactive ketones (excluding diaryl/α,β-unsaturated/α-hetero) is 3. The van der Waals surface area contributed by atoms with Crippen molar-refractivity contribution in [2.45, 2.75) is 219 Å². The summed E-state index contributed by atoms with van der Waals surface area (Å²) in [7, 11) is -5.69. The summed E-state index contributed by atoms with van der Waals surface area (Å²) in [4.78, 5) is 42.4. The number of ketones is 3. The molecule has 0 aromatic carbocycles. The molecule has 0 bridgehead atoms. The van der Waals surface area contributed by atoms with Crippen molar-refractivity contribution in [1.82, 2.24) is 61.0 Å². The minimum Gasteiger partial charge on any atom is -0.450 e. The highest BCUT2D eigenvalue weighted by molar-refractivity contribution is 7.92. The summed E-state index contributed by atoms with van der Waals surface area (Å²) in [5.41, 5.74) is -0.120. The average molecular weight is 977 g/mol. The van der Waals surface area contributed by atoms with Crippen LogP contribution < -0.4 is 0 Å². The van der Waals surface area contributed by atoms with Gasteiger partial charge in [-0.15, -0.1) is 25.5 Å². The summed E-state index contributed by atoms with van der Waals surface area (Å²) in [6.45, 7) is 48.6. The molecule has 0 saturated heterocycles. The van der Waals surface area contributed by atoms with Crippen LogP contribution in [-0.2, 0) is 59.1 Å². The predicted octanol–water partition coefficient (Wildman–Crippen LogP) is 7.44. The Morgan fingerprint density at radius 3 is 1.30 bits per heavy atom. The van der Waals surface area contributed by atoms with Gasteiger partial charge in [0.05, 0.1) is 4.75 Å². The maximum atomic E-state index is 10.9. The molecule has 384 valence electrons. The van der Waals surface area contributed by atoms with Crippen LogP contribution in [0, 0.1) is 10.8 Å². The van der Waals surface area contributed by atoms with Crippen molar-refractivity contribution in [3.8, 4) is 0 Å². The third-order valence-corrected chi connectivity index (χ3v) is 13.6. The summed E-state index contributed by atoms with van der Waals surface area (Å²) in [5.74, 6) is 2.52. The van der Waals surface area contributed by atoms with E-state index in [9.17, 15) is 27.4 Å². The highest BCUT2D eigenvalue weighted by atomic mass is 32.2. The zero-order valence-electron chi connectivity index (χ0n) is 45.8. The summed E-state index contributed by atoms with van der Waals surface area (Å²) in [5, 5.41) is 45.0. The number of nitrogens with zero attached hydrogens (tertiary/aromatic N) is 11. The van der Waals surface area contributed by atoms with E-state index in [2.05, 4.69) is 72.3 Å². The van der Waals surface area contributed by atoms with E-state index < -0.39 is 27.1 Å². The largest absolute Gasteiger partial charge is 0.450 e. The summed E-state index contributed by atoms with van der Waals surface area (Å²) < 4.78 is 33.1. The number of nitrogens with one attached hydrogen (secondary N) is 1. The molecule has 23 heteroatoms.